The van der Waals surface area contributed by atoms with Crippen LogP contribution in [0.4, 0.5) is 0 Å². The van der Waals surface area contributed by atoms with Crippen molar-refractivity contribution in [3.8, 4) is 5.75 Å². The molecule has 0 heterocycles. The van der Waals surface area contributed by atoms with Crippen molar-refractivity contribution >= 4 is 13.6 Å². The lowest BCUT2D eigenvalue weighted by Gasteiger charge is -2.33. The molecule has 29 heavy (non-hydrogen) atoms. The Balaban J connectivity index is 2.08. The number of carbonyl (C=O) groups is 1. The van der Waals surface area contributed by atoms with Gasteiger partial charge in [0, 0.05) is 6.16 Å². The number of esters is 1. The minimum absolute atomic E-state index is 0.165. The van der Waals surface area contributed by atoms with Crippen LogP contribution in [0.5, 0.6) is 5.75 Å². The summed E-state index contributed by atoms with van der Waals surface area (Å²) in [5.74, 6) is -0.0597. The van der Waals surface area contributed by atoms with Gasteiger partial charge in [0.15, 0.2) is 0 Å². The van der Waals surface area contributed by atoms with Crippen molar-refractivity contribution in [2.45, 2.75) is 18.3 Å². The van der Waals surface area contributed by atoms with Gasteiger partial charge in [-0.15, -0.1) is 0 Å². The number of benzene rings is 3. The maximum absolute atomic E-state index is 13.6. The van der Waals surface area contributed by atoms with Crippen molar-refractivity contribution in [3.05, 3.63) is 102 Å². The van der Waals surface area contributed by atoms with E-state index in [9.17, 15) is 19.1 Å². The summed E-state index contributed by atoms with van der Waals surface area (Å²) in [7, 11) is -4.18. The van der Waals surface area contributed by atoms with Crippen LogP contribution in [0.2, 0.25) is 0 Å². The van der Waals surface area contributed by atoms with Gasteiger partial charge in [0.25, 0.3) is 0 Å². The molecule has 3 aromatic rings. The molecule has 0 saturated heterocycles. The summed E-state index contributed by atoms with van der Waals surface area (Å²) in [6, 6.07) is 27.2. The van der Waals surface area contributed by atoms with Crippen molar-refractivity contribution in [1.29, 1.82) is 0 Å². The van der Waals surface area contributed by atoms with Crippen LogP contribution in [0, 0.1) is 0 Å². The number of rotatable bonds is 8. The molecule has 0 fully saturated rings. The summed E-state index contributed by atoms with van der Waals surface area (Å²) >= 11 is 0. The average molecular weight is 410 g/mol. The van der Waals surface area contributed by atoms with E-state index in [4.69, 9.17) is 4.74 Å². The first-order valence-electron chi connectivity index (χ1n) is 9.35. The second-order valence-corrected chi connectivity index (χ2v) is 8.61. The highest BCUT2D eigenvalue weighted by Gasteiger charge is 2.43. The van der Waals surface area contributed by atoms with Crippen LogP contribution in [0.1, 0.15) is 24.0 Å². The van der Waals surface area contributed by atoms with Crippen molar-refractivity contribution in [2.24, 2.45) is 0 Å². The Morgan fingerprint density at radius 3 is 1.69 bits per heavy atom. The fourth-order valence-electron chi connectivity index (χ4n) is 3.47. The summed E-state index contributed by atoms with van der Waals surface area (Å²) < 4.78 is 17.2. The van der Waals surface area contributed by atoms with Crippen molar-refractivity contribution in [2.75, 3.05) is 6.16 Å². The van der Waals surface area contributed by atoms with E-state index in [1.165, 1.54) is 0 Å². The van der Waals surface area contributed by atoms with E-state index in [0.29, 0.717) is 5.75 Å². The summed E-state index contributed by atoms with van der Waals surface area (Å²) in [6.07, 6.45) is 0.0722. The highest BCUT2D eigenvalue weighted by atomic mass is 31.2. The molecule has 6 heteroatoms. The maximum atomic E-state index is 13.6. The molecule has 5 nitrogen and oxygen atoms in total. The number of ether oxygens (including phenoxy) is 1. The van der Waals surface area contributed by atoms with E-state index < -0.39 is 19.0 Å². The van der Waals surface area contributed by atoms with E-state index in [0.717, 1.165) is 11.1 Å². The van der Waals surface area contributed by atoms with Crippen LogP contribution in [0.15, 0.2) is 91.0 Å². The smallest absolute Gasteiger partial charge is 0.326 e. The molecular formula is C23H23O5P. The monoisotopic (exact) mass is 410 g/mol. The van der Waals surface area contributed by atoms with E-state index in [-0.39, 0.29) is 19.0 Å². The standard InChI is InChI=1S/C23H23O5P/c24-22(28-21-15-8-3-9-16-21)23(17-10-18-29(25,26)27,19-11-4-1-5-12-19)20-13-6-2-7-14-20/h1-9,11-16H,10,17-18H2,(H2,25,26,27). The number of hydrogen-bond acceptors (Lipinski definition) is 3. The average Bonchev–Trinajstić information content (AvgIpc) is 2.72. The molecule has 3 aromatic carbocycles. The molecule has 0 bridgehead atoms. The zero-order chi connectivity index (χ0) is 20.7. The van der Waals surface area contributed by atoms with Gasteiger partial charge in [-0.1, -0.05) is 78.9 Å². The Kier molecular flexibility index (Phi) is 6.65. The van der Waals surface area contributed by atoms with E-state index in [1.807, 2.05) is 66.7 Å². The fourth-order valence-corrected chi connectivity index (χ4v) is 4.04. The Morgan fingerprint density at radius 2 is 1.24 bits per heavy atom. The van der Waals surface area contributed by atoms with Crippen LogP contribution >= 0.6 is 7.60 Å². The second-order valence-electron chi connectivity index (χ2n) is 6.83. The van der Waals surface area contributed by atoms with Gasteiger partial charge in [-0.3, -0.25) is 9.36 Å². The van der Waals surface area contributed by atoms with Crippen LogP contribution in [0.3, 0.4) is 0 Å². The minimum Gasteiger partial charge on any atom is -0.426 e. The molecule has 0 atom stereocenters. The number of hydrogen-bond donors (Lipinski definition) is 2. The number of para-hydroxylation sites is 1. The molecule has 0 spiro atoms. The van der Waals surface area contributed by atoms with Gasteiger partial charge < -0.3 is 14.5 Å². The molecule has 0 radical (unpaired) electrons. The lowest BCUT2D eigenvalue weighted by atomic mass is 9.71. The van der Waals surface area contributed by atoms with Crippen LogP contribution < -0.4 is 4.74 Å². The van der Waals surface area contributed by atoms with Crippen LogP contribution in [-0.2, 0) is 14.8 Å². The maximum Gasteiger partial charge on any atom is 0.326 e. The lowest BCUT2D eigenvalue weighted by Crippen LogP contribution is -2.40. The Morgan fingerprint density at radius 1 is 0.793 bits per heavy atom. The second kappa shape index (κ2) is 9.19. The summed E-state index contributed by atoms with van der Waals surface area (Å²) in [4.78, 5) is 32.2. The fraction of sp³-hybridized carbons (Fsp3) is 0.174. The third kappa shape index (κ3) is 5.21. The highest BCUT2D eigenvalue weighted by molar-refractivity contribution is 7.51. The zero-order valence-electron chi connectivity index (χ0n) is 15.8. The van der Waals surface area contributed by atoms with Gasteiger partial charge >= 0.3 is 13.6 Å². The normalized spacial score (nSPS) is 11.8. The molecule has 0 aliphatic heterocycles. The summed E-state index contributed by atoms with van der Waals surface area (Å²) in [5.41, 5.74) is 0.253. The predicted molar refractivity (Wildman–Crippen MR) is 112 cm³/mol. The topological polar surface area (TPSA) is 83.8 Å². The molecular weight excluding hydrogens is 387 g/mol. The molecule has 150 valence electrons. The van der Waals surface area contributed by atoms with Gasteiger partial charge in [0.1, 0.15) is 11.2 Å². The summed E-state index contributed by atoms with van der Waals surface area (Å²) in [6.45, 7) is 0. The zero-order valence-corrected chi connectivity index (χ0v) is 16.7. The quantitative estimate of drug-likeness (QED) is 0.324. The highest BCUT2D eigenvalue weighted by Crippen LogP contribution is 2.42. The SMILES string of the molecule is O=C(Oc1ccccc1)C(CCCP(=O)(O)O)(c1ccccc1)c1ccccc1. The van der Waals surface area contributed by atoms with Gasteiger partial charge in [-0.2, -0.15) is 0 Å². The Bertz CT molecular complexity index is 928. The summed E-state index contributed by atoms with van der Waals surface area (Å²) in [5, 5.41) is 0. The first-order chi connectivity index (χ1) is 13.9. The molecule has 0 unspecified atom stereocenters. The van der Waals surface area contributed by atoms with E-state index >= 15 is 0 Å². The van der Waals surface area contributed by atoms with Gasteiger partial charge in [-0.25, -0.2) is 0 Å². The Hall–Kier alpha value is -2.72. The molecule has 0 aliphatic carbocycles. The molecule has 0 aliphatic rings. The van der Waals surface area contributed by atoms with Gasteiger partial charge in [-0.05, 0) is 36.1 Å². The van der Waals surface area contributed by atoms with Crippen molar-refractivity contribution in [1.82, 2.24) is 0 Å². The van der Waals surface area contributed by atoms with E-state index in [1.54, 1.807) is 24.3 Å². The lowest BCUT2D eigenvalue weighted by molar-refractivity contribution is -0.139. The first-order valence-corrected chi connectivity index (χ1v) is 11.1. The molecule has 0 aromatic heterocycles. The molecule has 0 saturated carbocycles. The van der Waals surface area contributed by atoms with Crippen molar-refractivity contribution in [3.63, 3.8) is 0 Å². The van der Waals surface area contributed by atoms with Crippen LogP contribution in [-0.4, -0.2) is 21.9 Å². The Labute approximate surface area is 170 Å². The van der Waals surface area contributed by atoms with E-state index in [2.05, 4.69) is 0 Å². The van der Waals surface area contributed by atoms with Gasteiger partial charge in [0.05, 0.1) is 0 Å². The first kappa shape index (κ1) is 21.0. The largest absolute Gasteiger partial charge is 0.426 e. The third-order valence-electron chi connectivity index (χ3n) is 4.84. The van der Waals surface area contributed by atoms with Crippen molar-refractivity contribution < 1.29 is 23.9 Å². The third-order valence-corrected chi connectivity index (χ3v) is 5.74. The minimum atomic E-state index is -4.18. The molecule has 0 amide bonds. The predicted octanol–water partition coefficient (Wildman–Crippen LogP) is 4.54. The van der Waals surface area contributed by atoms with Gasteiger partial charge in [0.2, 0.25) is 0 Å². The van der Waals surface area contributed by atoms with Crippen LogP contribution in [0.25, 0.3) is 0 Å². The number of carbonyl (C=O) groups excluding carboxylic acids is 1. The molecule has 3 rings (SSSR count). The molecule has 2 N–H and O–H groups in total.